The van der Waals surface area contributed by atoms with Crippen LogP contribution in [0.5, 0.6) is 0 Å². The van der Waals surface area contributed by atoms with Crippen molar-refractivity contribution in [2.24, 2.45) is 0 Å². The van der Waals surface area contributed by atoms with Gasteiger partial charge >= 0.3 is 17.9 Å². The lowest BCUT2D eigenvalue weighted by Crippen LogP contribution is -2.30. The zero-order valence-corrected chi connectivity index (χ0v) is 45.0. The molecule has 0 saturated heterocycles. The average Bonchev–Trinajstić information content (AvgIpc) is 3.35. The maximum Gasteiger partial charge on any atom is 0.306 e. The summed E-state index contributed by atoms with van der Waals surface area (Å²) in [7, 11) is 0. The van der Waals surface area contributed by atoms with Crippen LogP contribution in [0.25, 0.3) is 0 Å². The van der Waals surface area contributed by atoms with E-state index in [2.05, 4.69) is 118 Å². The van der Waals surface area contributed by atoms with Crippen LogP contribution in [0.2, 0.25) is 0 Å². The number of ether oxygens (including phenoxy) is 3. The van der Waals surface area contributed by atoms with Gasteiger partial charge in [0.15, 0.2) is 6.10 Å². The highest BCUT2D eigenvalue weighted by Crippen LogP contribution is 2.14. The molecule has 0 heterocycles. The minimum atomic E-state index is -0.810. The van der Waals surface area contributed by atoms with Crippen LogP contribution >= 0.6 is 0 Å². The molecule has 0 rings (SSSR count). The van der Waals surface area contributed by atoms with Gasteiger partial charge in [0.2, 0.25) is 0 Å². The van der Waals surface area contributed by atoms with Crippen molar-refractivity contribution in [1.82, 2.24) is 0 Å². The zero-order chi connectivity index (χ0) is 50.0. The first-order valence-electron chi connectivity index (χ1n) is 28.7. The van der Waals surface area contributed by atoms with E-state index in [1.54, 1.807) is 0 Å². The number of esters is 3. The lowest BCUT2D eigenvalue weighted by molar-refractivity contribution is -0.167. The lowest BCUT2D eigenvalue weighted by Gasteiger charge is -2.18. The van der Waals surface area contributed by atoms with E-state index >= 15 is 0 Å². The number of allylic oxidation sites excluding steroid dienone is 16. The van der Waals surface area contributed by atoms with Crippen LogP contribution < -0.4 is 0 Å². The van der Waals surface area contributed by atoms with E-state index in [1.165, 1.54) is 116 Å². The first-order valence-corrected chi connectivity index (χ1v) is 28.7. The molecule has 6 nitrogen and oxygen atoms in total. The number of carbonyl (C=O) groups excluding carboxylic acids is 3. The molecule has 0 aromatic rings. The number of hydrogen-bond donors (Lipinski definition) is 0. The van der Waals surface area contributed by atoms with E-state index in [-0.39, 0.29) is 37.5 Å². The quantitative estimate of drug-likeness (QED) is 0.0262. The third-order valence-electron chi connectivity index (χ3n) is 12.0. The Morgan fingerprint density at radius 1 is 0.304 bits per heavy atom. The molecule has 6 heteroatoms. The fourth-order valence-corrected chi connectivity index (χ4v) is 7.73. The second kappa shape index (κ2) is 56.9. The van der Waals surface area contributed by atoms with Crippen LogP contribution in [0.1, 0.15) is 265 Å². The summed E-state index contributed by atoms with van der Waals surface area (Å²) in [6.07, 6.45) is 75.4. The Balaban J connectivity index is 4.47. The van der Waals surface area contributed by atoms with Crippen molar-refractivity contribution in [2.75, 3.05) is 13.2 Å². The topological polar surface area (TPSA) is 78.9 Å². The summed E-state index contributed by atoms with van der Waals surface area (Å²) in [6, 6.07) is 0. The summed E-state index contributed by atoms with van der Waals surface area (Å²) >= 11 is 0. The Morgan fingerprint density at radius 2 is 0.565 bits per heavy atom. The van der Waals surface area contributed by atoms with Gasteiger partial charge in [-0.3, -0.25) is 14.4 Å². The Hall–Kier alpha value is -3.67. The van der Waals surface area contributed by atoms with Gasteiger partial charge in [0.05, 0.1) is 0 Å². The highest BCUT2D eigenvalue weighted by Gasteiger charge is 2.19. The molecular weight excluding hydrogens is 853 g/mol. The lowest BCUT2D eigenvalue weighted by atomic mass is 10.1. The fourth-order valence-electron chi connectivity index (χ4n) is 7.73. The van der Waals surface area contributed by atoms with Gasteiger partial charge in [-0.05, 0) is 122 Å². The Kier molecular flexibility index (Phi) is 53.9. The molecule has 0 spiro atoms. The second-order valence-electron chi connectivity index (χ2n) is 18.8. The van der Waals surface area contributed by atoms with Gasteiger partial charge in [0, 0.05) is 19.3 Å². The van der Waals surface area contributed by atoms with Crippen LogP contribution in [0, 0.1) is 0 Å². The van der Waals surface area contributed by atoms with Crippen molar-refractivity contribution in [3.8, 4) is 0 Å². The molecule has 0 unspecified atom stereocenters. The summed E-state index contributed by atoms with van der Waals surface area (Å²) < 4.78 is 16.8. The van der Waals surface area contributed by atoms with E-state index in [0.29, 0.717) is 19.3 Å². The van der Waals surface area contributed by atoms with Gasteiger partial charge in [-0.1, -0.05) is 221 Å². The summed E-state index contributed by atoms with van der Waals surface area (Å²) in [6.45, 7) is 6.45. The zero-order valence-electron chi connectivity index (χ0n) is 45.0. The second-order valence-corrected chi connectivity index (χ2v) is 18.8. The molecule has 0 amide bonds. The Labute approximate surface area is 426 Å². The highest BCUT2D eigenvalue weighted by molar-refractivity contribution is 5.71. The molecular formula is C63H106O6. The van der Waals surface area contributed by atoms with Gasteiger partial charge < -0.3 is 14.2 Å². The molecule has 0 aromatic carbocycles. The van der Waals surface area contributed by atoms with E-state index in [4.69, 9.17) is 14.2 Å². The smallest absolute Gasteiger partial charge is 0.306 e. The summed E-state index contributed by atoms with van der Waals surface area (Å²) in [4.78, 5) is 38.1. The van der Waals surface area contributed by atoms with Gasteiger partial charge in [0.25, 0.3) is 0 Å². The normalized spacial score (nSPS) is 12.8. The molecule has 0 fully saturated rings. The minimum absolute atomic E-state index is 0.102. The molecule has 1 atom stereocenters. The maximum absolute atomic E-state index is 12.8. The van der Waals surface area contributed by atoms with Crippen LogP contribution in [-0.2, 0) is 28.6 Å². The summed E-state index contributed by atoms with van der Waals surface area (Å²) in [5.74, 6) is -0.965. The average molecular weight is 960 g/mol. The first kappa shape index (κ1) is 65.3. The molecule has 0 bridgehead atoms. The number of unbranched alkanes of at least 4 members (excludes halogenated alkanes) is 24. The third kappa shape index (κ3) is 55.1. The monoisotopic (exact) mass is 959 g/mol. The van der Waals surface area contributed by atoms with Gasteiger partial charge in [-0.15, -0.1) is 0 Å². The van der Waals surface area contributed by atoms with Gasteiger partial charge in [-0.2, -0.15) is 0 Å². The van der Waals surface area contributed by atoms with E-state index in [0.717, 1.165) is 103 Å². The fraction of sp³-hybridized carbons (Fsp3) is 0.698. The first-order chi connectivity index (χ1) is 34.0. The van der Waals surface area contributed by atoms with Crippen molar-refractivity contribution in [3.05, 3.63) is 97.2 Å². The SMILES string of the molecule is CC/C=C\C/C=C\C/C=C\C/C=C\CCCCCCC(=O)OC[C@H](COC(=O)CCCCCCCCCCC/C=C\CCCCCCCC)OC(=O)CCCC/C=C\C/C=C\C/C=C\CCCCC. The van der Waals surface area contributed by atoms with E-state index in [9.17, 15) is 14.4 Å². The third-order valence-corrected chi connectivity index (χ3v) is 12.0. The predicted molar refractivity (Wildman–Crippen MR) is 297 cm³/mol. The molecule has 0 aromatic heterocycles. The van der Waals surface area contributed by atoms with Crippen LogP contribution in [0.3, 0.4) is 0 Å². The molecule has 0 aliphatic heterocycles. The van der Waals surface area contributed by atoms with Crippen LogP contribution in [-0.4, -0.2) is 37.2 Å². The van der Waals surface area contributed by atoms with Crippen LogP contribution in [0.15, 0.2) is 97.2 Å². The number of hydrogen-bond acceptors (Lipinski definition) is 6. The molecule has 394 valence electrons. The van der Waals surface area contributed by atoms with Crippen molar-refractivity contribution in [2.45, 2.75) is 271 Å². The number of carbonyl (C=O) groups is 3. The van der Waals surface area contributed by atoms with E-state index in [1.807, 2.05) is 0 Å². The van der Waals surface area contributed by atoms with Crippen molar-refractivity contribution < 1.29 is 28.6 Å². The largest absolute Gasteiger partial charge is 0.462 e. The standard InChI is InChI=1S/C63H106O6/c1-4-7-10-13-16-19-22-25-28-30-31-33-36-38-41-44-47-50-53-56-62(65)68-59-60(69-63(66)57-54-51-48-45-42-39-34-27-24-21-18-15-12-9-6-3)58-67-61(64)55-52-49-46-43-40-37-35-32-29-26-23-20-17-14-11-8-5-2/h8,11,17-18,20-21,25-29,34-35,37,42,45,60H,4-7,9-10,12-16,19,22-24,30-33,36,38-41,43-44,46-59H2,1-3H3/b11-8-,20-17-,21-18-,28-25-,29-26-,34-27-,37-35-,45-42-/t60-/m1/s1. The van der Waals surface area contributed by atoms with E-state index < -0.39 is 6.10 Å². The molecule has 69 heavy (non-hydrogen) atoms. The number of rotatable bonds is 51. The molecule has 0 aliphatic rings. The van der Waals surface area contributed by atoms with Gasteiger partial charge in [-0.25, -0.2) is 0 Å². The molecule has 0 N–H and O–H groups in total. The summed E-state index contributed by atoms with van der Waals surface area (Å²) in [5.41, 5.74) is 0. The van der Waals surface area contributed by atoms with Gasteiger partial charge in [0.1, 0.15) is 13.2 Å². The molecule has 0 aliphatic carbocycles. The Morgan fingerprint density at radius 3 is 0.957 bits per heavy atom. The van der Waals surface area contributed by atoms with Crippen molar-refractivity contribution in [3.63, 3.8) is 0 Å². The minimum Gasteiger partial charge on any atom is -0.462 e. The maximum atomic E-state index is 12.8. The molecule has 0 radical (unpaired) electrons. The Bertz CT molecular complexity index is 1380. The van der Waals surface area contributed by atoms with Crippen LogP contribution in [0.4, 0.5) is 0 Å². The van der Waals surface area contributed by atoms with Crippen molar-refractivity contribution >= 4 is 17.9 Å². The predicted octanol–water partition coefficient (Wildman–Crippen LogP) is 19.3. The van der Waals surface area contributed by atoms with Crippen molar-refractivity contribution in [1.29, 1.82) is 0 Å². The summed E-state index contributed by atoms with van der Waals surface area (Å²) in [5, 5.41) is 0. The molecule has 0 saturated carbocycles. The highest BCUT2D eigenvalue weighted by atomic mass is 16.6.